The van der Waals surface area contributed by atoms with Gasteiger partial charge in [0.25, 0.3) is 0 Å². The fourth-order valence-corrected chi connectivity index (χ4v) is 2.20. The van der Waals surface area contributed by atoms with Crippen LogP contribution in [0.4, 0.5) is 0 Å². The Morgan fingerprint density at radius 1 is 1.26 bits per heavy atom. The Hall–Kier alpha value is -2.07. The minimum atomic E-state index is -0.898. The molecule has 0 spiro atoms. The predicted molar refractivity (Wildman–Crippen MR) is 74.3 cm³/mol. The average Bonchev–Trinajstić information content (AvgIpc) is 2.38. The summed E-state index contributed by atoms with van der Waals surface area (Å²) in [6.45, 7) is 2.52. The molecular weight excluding hydrogens is 242 g/mol. The molecule has 2 aromatic carbocycles. The number of hydrogen-bond donors (Lipinski definition) is 2. The lowest BCUT2D eigenvalue weighted by atomic mass is 9.97. The highest BCUT2D eigenvalue weighted by atomic mass is 16.5. The molecule has 0 heterocycles. The summed E-state index contributed by atoms with van der Waals surface area (Å²) in [4.78, 5) is 10.8. The van der Waals surface area contributed by atoms with E-state index >= 15 is 0 Å². The number of carboxylic acids is 1. The zero-order chi connectivity index (χ0) is 13.8. The van der Waals surface area contributed by atoms with Crippen molar-refractivity contribution in [2.75, 3.05) is 6.61 Å². The van der Waals surface area contributed by atoms with Crippen LogP contribution in [-0.4, -0.2) is 17.7 Å². The molecular formula is C15H17NO3. The third kappa shape index (κ3) is 2.85. The molecule has 0 radical (unpaired) electrons. The van der Waals surface area contributed by atoms with E-state index in [-0.39, 0.29) is 6.42 Å². The van der Waals surface area contributed by atoms with Crippen LogP contribution in [0, 0.1) is 0 Å². The monoisotopic (exact) mass is 259 g/mol. The summed E-state index contributed by atoms with van der Waals surface area (Å²) >= 11 is 0. The Balaban J connectivity index is 2.51. The molecule has 0 bridgehead atoms. The second-order valence-electron chi connectivity index (χ2n) is 4.34. The van der Waals surface area contributed by atoms with E-state index in [1.165, 1.54) is 0 Å². The van der Waals surface area contributed by atoms with Gasteiger partial charge >= 0.3 is 5.97 Å². The van der Waals surface area contributed by atoms with E-state index in [9.17, 15) is 4.79 Å². The molecule has 0 fully saturated rings. The van der Waals surface area contributed by atoms with Crippen molar-refractivity contribution in [2.24, 2.45) is 5.73 Å². The Labute approximate surface area is 111 Å². The molecule has 2 rings (SSSR count). The van der Waals surface area contributed by atoms with Gasteiger partial charge in [0.15, 0.2) is 0 Å². The second kappa shape index (κ2) is 5.71. The molecule has 0 aliphatic rings. The van der Waals surface area contributed by atoms with Crippen molar-refractivity contribution in [1.29, 1.82) is 0 Å². The lowest BCUT2D eigenvalue weighted by molar-refractivity contribution is -0.137. The molecule has 1 atom stereocenters. The van der Waals surface area contributed by atoms with Crippen LogP contribution >= 0.6 is 0 Å². The van der Waals surface area contributed by atoms with Crippen LogP contribution in [0.3, 0.4) is 0 Å². The second-order valence-corrected chi connectivity index (χ2v) is 4.34. The number of carboxylic acid groups (broad SMARTS) is 1. The lowest BCUT2D eigenvalue weighted by Crippen LogP contribution is -2.15. The van der Waals surface area contributed by atoms with E-state index in [0.29, 0.717) is 6.61 Å². The fourth-order valence-electron chi connectivity index (χ4n) is 2.20. The van der Waals surface area contributed by atoms with Crippen LogP contribution in [0.2, 0.25) is 0 Å². The molecule has 0 saturated carbocycles. The normalized spacial score (nSPS) is 12.3. The average molecular weight is 259 g/mol. The van der Waals surface area contributed by atoms with Crippen LogP contribution in [0.25, 0.3) is 10.8 Å². The lowest BCUT2D eigenvalue weighted by Gasteiger charge is -2.15. The number of hydrogen-bond acceptors (Lipinski definition) is 3. The molecule has 0 aliphatic carbocycles. The molecule has 3 N–H and O–H groups in total. The van der Waals surface area contributed by atoms with Crippen molar-refractivity contribution in [1.82, 2.24) is 0 Å². The topological polar surface area (TPSA) is 72.5 Å². The van der Waals surface area contributed by atoms with E-state index in [1.54, 1.807) is 0 Å². The van der Waals surface area contributed by atoms with Gasteiger partial charge in [0, 0.05) is 11.4 Å². The molecule has 100 valence electrons. The van der Waals surface area contributed by atoms with Crippen LogP contribution in [0.15, 0.2) is 36.4 Å². The van der Waals surface area contributed by atoms with E-state index in [2.05, 4.69) is 0 Å². The van der Waals surface area contributed by atoms with Gasteiger partial charge in [-0.3, -0.25) is 4.79 Å². The van der Waals surface area contributed by atoms with E-state index in [4.69, 9.17) is 15.6 Å². The fraction of sp³-hybridized carbons (Fsp3) is 0.267. The van der Waals surface area contributed by atoms with Crippen molar-refractivity contribution < 1.29 is 14.6 Å². The van der Waals surface area contributed by atoms with Crippen LogP contribution in [-0.2, 0) is 4.79 Å². The number of nitrogens with two attached hydrogens (primary N) is 1. The molecule has 0 amide bonds. The quantitative estimate of drug-likeness (QED) is 0.866. The molecule has 0 aromatic heterocycles. The summed E-state index contributed by atoms with van der Waals surface area (Å²) in [6.07, 6.45) is -0.0853. The zero-order valence-corrected chi connectivity index (χ0v) is 10.8. The molecule has 2 aromatic rings. The Bertz CT molecular complexity index is 595. The van der Waals surface area contributed by atoms with E-state index < -0.39 is 12.0 Å². The van der Waals surface area contributed by atoms with Gasteiger partial charge in [0.2, 0.25) is 0 Å². The molecule has 4 nitrogen and oxygen atoms in total. The van der Waals surface area contributed by atoms with Gasteiger partial charge in [-0.25, -0.2) is 0 Å². The molecule has 19 heavy (non-hydrogen) atoms. The largest absolute Gasteiger partial charge is 0.493 e. The molecule has 4 heteroatoms. The maximum Gasteiger partial charge on any atom is 0.305 e. The Morgan fingerprint density at radius 2 is 1.95 bits per heavy atom. The minimum absolute atomic E-state index is 0.0853. The predicted octanol–water partition coefficient (Wildman–Crippen LogP) is 2.71. The van der Waals surface area contributed by atoms with Gasteiger partial charge in [0.1, 0.15) is 5.75 Å². The summed E-state index contributed by atoms with van der Waals surface area (Å²) in [5.41, 5.74) is 6.80. The summed E-state index contributed by atoms with van der Waals surface area (Å²) in [5, 5.41) is 10.8. The van der Waals surface area contributed by atoms with Crippen molar-refractivity contribution >= 4 is 16.7 Å². The van der Waals surface area contributed by atoms with Gasteiger partial charge < -0.3 is 15.6 Å². The number of fused-ring (bicyclic) bond motifs is 1. The highest BCUT2D eigenvalue weighted by molar-refractivity contribution is 5.91. The first-order valence-corrected chi connectivity index (χ1v) is 6.25. The first-order valence-electron chi connectivity index (χ1n) is 6.25. The van der Waals surface area contributed by atoms with Gasteiger partial charge in [-0.2, -0.15) is 0 Å². The van der Waals surface area contributed by atoms with Crippen molar-refractivity contribution in [3.63, 3.8) is 0 Å². The number of ether oxygens (including phenoxy) is 1. The summed E-state index contributed by atoms with van der Waals surface area (Å²) in [6, 6.07) is 10.9. The SMILES string of the molecule is CCOc1ccc([C@H](N)CC(=O)O)c2ccccc12. The van der Waals surface area contributed by atoms with Gasteiger partial charge in [-0.1, -0.05) is 30.3 Å². The van der Waals surface area contributed by atoms with Crippen LogP contribution < -0.4 is 10.5 Å². The summed E-state index contributed by atoms with van der Waals surface area (Å²) < 4.78 is 5.58. The highest BCUT2D eigenvalue weighted by Gasteiger charge is 2.15. The Morgan fingerprint density at radius 3 is 2.58 bits per heavy atom. The number of aliphatic carboxylic acids is 1. The zero-order valence-electron chi connectivity index (χ0n) is 10.8. The van der Waals surface area contributed by atoms with E-state index in [1.807, 2.05) is 43.3 Å². The van der Waals surface area contributed by atoms with Gasteiger partial charge in [0.05, 0.1) is 13.0 Å². The number of benzene rings is 2. The minimum Gasteiger partial charge on any atom is -0.493 e. The van der Waals surface area contributed by atoms with Crippen LogP contribution in [0.5, 0.6) is 5.75 Å². The highest BCUT2D eigenvalue weighted by Crippen LogP contribution is 2.31. The first kappa shape index (κ1) is 13.4. The van der Waals surface area contributed by atoms with Crippen LogP contribution in [0.1, 0.15) is 24.9 Å². The summed E-state index contributed by atoms with van der Waals surface area (Å²) in [7, 11) is 0. The third-order valence-corrected chi connectivity index (χ3v) is 3.01. The molecule has 0 unspecified atom stereocenters. The third-order valence-electron chi connectivity index (χ3n) is 3.01. The van der Waals surface area contributed by atoms with Crippen molar-refractivity contribution in [2.45, 2.75) is 19.4 Å². The Kier molecular flexibility index (Phi) is 4.02. The number of rotatable bonds is 5. The standard InChI is InChI=1S/C15H17NO3/c1-2-19-14-8-7-11(13(16)9-15(17)18)10-5-3-4-6-12(10)14/h3-8,13H,2,9,16H2,1H3,(H,17,18)/t13-/m1/s1. The van der Waals surface area contributed by atoms with Crippen molar-refractivity contribution in [3.8, 4) is 5.75 Å². The van der Waals surface area contributed by atoms with Crippen molar-refractivity contribution in [3.05, 3.63) is 42.0 Å². The number of carbonyl (C=O) groups is 1. The van der Waals surface area contributed by atoms with Gasteiger partial charge in [-0.15, -0.1) is 0 Å². The van der Waals surface area contributed by atoms with E-state index in [0.717, 1.165) is 22.1 Å². The first-order chi connectivity index (χ1) is 9.13. The maximum atomic E-state index is 10.8. The maximum absolute atomic E-state index is 10.8. The summed E-state index contributed by atoms with van der Waals surface area (Å²) in [5.74, 6) is -0.102. The van der Waals surface area contributed by atoms with Gasteiger partial charge in [-0.05, 0) is 23.9 Å². The molecule has 0 saturated heterocycles. The molecule has 0 aliphatic heterocycles. The smallest absolute Gasteiger partial charge is 0.305 e.